The maximum atomic E-state index is 12.1. The predicted molar refractivity (Wildman–Crippen MR) is 87.0 cm³/mol. The van der Waals surface area contributed by atoms with Crippen molar-refractivity contribution in [1.29, 1.82) is 0 Å². The van der Waals surface area contributed by atoms with Crippen LogP contribution >= 0.6 is 0 Å². The lowest BCUT2D eigenvalue weighted by molar-refractivity contribution is -0.141. The number of carboxylic acids is 1. The van der Waals surface area contributed by atoms with E-state index in [1.807, 2.05) is 19.1 Å². The van der Waals surface area contributed by atoms with E-state index < -0.39 is 11.9 Å². The number of amides is 2. The number of carbonyl (C=O) groups excluding carboxylic acids is 1. The van der Waals surface area contributed by atoms with Crippen molar-refractivity contribution in [3.63, 3.8) is 0 Å². The summed E-state index contributed by atoms with van der Waals surface area (Å²) in [6.45, 7) is 8.44. The topological polar surface area (TPSA) is 69.6 Å². The average Bonchev–Trinajstić information content (AvgIpc) is 2.44. The number of benzene rings is 1. The van der Waals surface area contributed by atoms with E-state index in [4.69, 9.17) is 5.11 Å². The minimum Gasteiger partial charge on any atom is -0.481 e. The summed E-state index contributed by atoms with van der Waals surface area (Å²) in [7, 11) is 1.61. The molecule has 5 heteroatoms. The molecule has 1 rings (SSSR count). The van der Waals surface area contributed by atoms with Crippen LogP contribution in [0.5, 0.6) is 0 Å². The lowest BCUT2D eigenvalue weighted by atomic mass is 9.84. The molecule has 0 spiro atoms. The summed E-state index contributed by atoms with van der Waals surface area (Å²) in [6, 6.07) is 7.96. The highest BCUT2D eigenvalue weighted by atomic mass is 16.4. The second kappa shape index (κ2) is 7.29. The van der Waals surface area contributed by atoms with Crippen molar-refractivity contribution in [3.05, 3.63) is 35.4 Å². The molecule has 1 aromatic rings. The Balaban J connectivity index is 2.60. The van der Waals surface area contributed by atoms with Gasteiger partial charge in [-0.05, 0) is 12.5 Å². The Bertz CT molecular complexity index is 540. The first kappa shape index (κ1) is 18.0. The molecule has 0 fully saturated rings. The number of nitrogens with one attached hydrogen (secondary N) is 1. The molecule has 0 aliphatic carbocycles. The van der Waals surface area contributed by atoms with Crippen LogP contribution in [0.2, 0.25) is 0 Å². The van der Waals surface area contributed by atoms with Crippen LogP contribution in [0.4, 0.5) is 4.79 Å². The summed E-state index contributed by atoms with van der Waals surface area (Å²) in [5.41, 5.74) is 2.15. The number of hydrogen-bond donors (Lipinski definition) is 2. The van der Waals surface area contributed by atoms with Crippen molar-refractivity contribution in [2.24, 2.45) is 5.92 Å². The smallest absolute Gasteiger partial charge is 0.317 e. The minimum absolute atomic E-state index is 0.187. The first-order valence-corrected chi connectivity index (χ1v) is 7.42. The number of hydrogen-bond acceptors (Lipinski definition) is 2. The normalized spacial score (nSPS) is 12.6. The van der Waals surface area contributed by atoms with Gasteiger partial charge < -0.3 is 15.3 Å². The third-order valence-electron chi connectivity index (χ3n) is 3.80. The first-order valence-electron chi connectivity index (χ1n) is 7.42. The molecule has 0 aliphatic heterocycles. The molecule has 0 bridgehead atoms. The zero-order chi connectivity index (χ0) is 16.9. The van der Waals surface area contributed by atoms with Gasteiger partial charge in [0, 0.05) is 25.6 Å². The van der Waals surface area contributed by atoms with Crippen LogP contribution in [0.25, 0.3) is 0 Å². The SMILES string of the molecule is Cc1cccc(C(C)(C)CNC(=O)N(C)CC(C)C(=O)O)c1. The fourth-order valence-corrected chi connectivity index (χ4v) is 2.17. The molecule has 0 radical (unpaired) electrons. The fourth-order valence-electron chi connectivity index (χ4n) is 2.17. The standard InChI is InChI=1S/C17H26N2O3/c1-12-7-6-8-14(9-12)17(3,4)11-18-16(22)19(5)10-13(2)15(20)21/h6-9,13H,10-11H2,1-5H3,(H,18,22)(H,20,21). The maximum Gasteiger partial charge on any atom is 0.317 e. The Hall–Kier alpha value is -2.04. The minimum atomic E-state index is -0.903. The molecule has 0 heterocycles. The van der Waals surface area contributed by atoms with E-state index in [1.54, 1.807) is 14.0 Å². The van der Waals surface area contributed by atoms with Crippen molar-refractivity contribution < 1.29 is 14.7 Å². The number of nitrogens with zero attached hydrogens (tertiary/aromatic N) is 1. The molecule has 2 N–H and O–H groups in total. The maximum absolute atomic E-state index is 12.1. The van der Waals surface area contributed by atoms with Crippen LogP contribution in [0, 0.1) is 12.8 Å². The van der Waals surface area contributed by atoms with Crippen molar-refractivity contribution in [2.75, 3.05) is 20.1 Å². The van der Waals surface area contributed by atoms with Gasteiger partial charge in [-0.2, -0.15) is 0 Å². The predicted octanol–water partition coefficient (Wildman–Crippen LogP) is 2.63. The summed E-state index contributed by atoms with van der Waals surface area (Å²) < 4.78 is 0. The van der Waals surface area contributed by atoms with Gasteiger partial charge in [0.15, 0.2) is 0 Å². The molecule has 2 amide bonds. The molecule has 5 nitrogen and oxygen atoms in total. The average molecular weight is 306 g/mol. The molecule has 122 valence electrons. The highest BCUT2D eigenvalue weighted by Gasteiger charge is 2.23. The van der Waals surface area contributed by atoms with Gasteiger partial charge in [0.05, 0.1) is 5.92 Å². The van der Waals surface area contributed by atoms with Crippen LogP contribution in [-0.4, -0.2) is 42.1 Å². The molecule has 0 saturated carbocycles. The van der Waals surface area contributed by atoms with Crippen LogP contribution in [0.15, 0.2) is 24.3 Å². The Morgan fingerprint density at radius 3 is 2.55 bits per heavy atom. The van der Waals surface area contributed by atoms with E-state index in [0.717, 1.165) is 5.56 Å². The van der Waals surface area contributed by atoms with E-state index in [2.05, 4.69) is 31.3 Å². The number of urea groups is 1. The zero-order valence-corrected chi connectivity index (χ0v) is 14.0. The van der Waals surface area contributed by atoms with Gasteiger partial charge in [0.2, 0.25) is 0 Å². The molecule has 1 atom stereocenters. The van der Waals surface area contributed by atoms with Gasteiger partial charge >= 0.3 is 12.0 Å². The van der Waals surface area contributed by atoms with Crippen molar-refractivity contribution >= 4 is 12.0 Å². The summed E-state index contributed by atoms with van der Waals surface area (Å²) in [4.78, 5) is 24.3. The quantitative estimate of drug-likeness (QED) is 0.849. The highest BCUT2D eigenvalue weighted by Crippen LogP contribution is 2.23. The summed E-state index contributed by atoms with van der Waals surface area (Å²) >= 11 is 0. The molecular weight excluding hydrogens is 280 g/mol. The lowest BCUT2D eigenvalue weighted by Gasteiger charge is -2.28. The molecule has 1 aromatic carbocycles. The second-order valence-electron chi connectivity index (χ2n) is 6.53. The number of aryl methyl sites for hydroxylation is 1. The van der Waals surface area contributed by atoms with Crippen LogP contribution in [-0.2, 0) is 10.2 Å². The number of carbonyl (C=O) groups is 2. The van der Waals surface area contributed by atoms with Gasteiger partial charge in [0.25, 0.3) is 0 Å². The summed E-state index contributed by atoms with van der Waals surface area (Å²) in [5, 5.41) is 11.8. The number of aliphatic carboxylic acids is 1. The third-order valence-corrected chi connectivity index (χ3v) is 3.80. The van der Waals surface area contributed by atoms with Gasteiger partial charge in [-0.3, -0.25) is 4.79 Å². The van der Waals surface area contributed by atoms with E-state index >= 15 is 0 Å². The van der Waals surface area contributed by atoms with E-state index in [1.165, 1.54) is 10.5 Å². The van der Waals surface area contributed by atoms with Crippen molar-refractivity contribution in [3.8, 4) is 0 Å². The largest absolute Gasteiger partial charge is 0.481 e. The molecule has 1 unspecified atom stereocenters. The van der Waals surface area contributed by atoms with E-state index in [-0.39, 0.29) is 18.0 Å². The third kappa shape index (κ3) is 5.06. The van der Waals surface area contributed by atoms with Crippen LogP contribution < -0.4 is 5.32 Å². The second-order valence-corrected chi connectivity index (χ2v) is 6.53. The summed E-state index contributed by atoms with van der Waals surface area (Å²) in [5.74, 6) is -1.49. The van der Waals surface area contributed by atoms with Gasteiger partial charge in [-0.15, -0.1) is 0 Å². The van der Waals surface area contributed by atoms with Gasteiger partial charge in [0.1, 0.15) is 0 Å². The van der Waals surface area contributed by atoms with E-state index in [9.17, 15) is 9.59 Å². The van der Waals surface area contributed by atoms with Gasteiger partial charge in [-0.1, -0.05) is 50.6 Å². The molecule has 0 saturated heterocycles. The van der Waals surface area contributed by atoms with Crippen molar-refractivity contribution in [2.45, 2.75) is 33.1 Å². The van der Waals surface area contributed by atoms with Crippen LogP contribution in [0.3, 0.4) is 0 Å². The fraction of sp³-hybridized carbons (Fsp3) is 0.529. The Labute approximate surface area is 132 Å². The molecule has 22 heavy (non-hydrogen) atoms. The number of rotatable bonds is 6. The highest BCUT2D eigenvalue weighted by molar-refractivity contribution is 5.75. The lowest BCUT2D eigenvalue weighted by Crippen LogP contribution is -2.45. The monoisotopic (exact) mass is 306 g/mol. The molecule has 0 aromatic heterocycles. The molecule has 0 aliphatic rings. The first-order chi connectivity index (χ1) is 10.1. The van der Waals surface area contributed by atoms with Crippen LogP contribution in [0.1, 0.15) is 31.9 Å². The zero-order valence-electron chi connectivity index (χ0n) is 14.0. The van der Waals surface area contributed by atoms with Crippen molar-refractivity contribution in [1.82, 2.24) is 10.2 Å². The van der Waals surface area contributed by atoms with E-state index in [0.29, 0.717) is 6.54 Å². The van der Waals surface area contributed by atoms with Gasteiger partial charge in [-0.25, -0.2) is 4.79 Å². The number of carboxylic acid groups (broad SMARTS) is 1. The Morgan fingerprint density at radius 2 is 2.00 bits per heavy atom. The molecular formula is C17H26N2O3. The Kier molecular flexibility index (Phi) is 5.97. The Morgan fingerprint density at radius 1 is 1.36 bits per heavy atom. The summed E-state index contributed by atoms with van der Waals surface area (Å²) in [6.07, 6.45) is 0.